The lowest BCUT2D eigenvalue weighted by atomic mass is 10.0. The second kappa shape index (κ2) is 8.96. The van der Waals surface area contributed by atoms with E-state index in [9.17, 15) is 4.79 Å². The lowest BCUT2D eigenvalue weighted by Crippen LogP contribution is -2.15. The summed E-state index contributed by atoms with van der Waals surface area (Å²) >= 11 is 3.00. The highest BCUT2D eigenvalue weighted by Gasteiger charge is 2.18. The maximum Gasteiger partial charge on any atom is 0.236 e. The molecule has 7 nitrogen and oxygen atoms in total. The molecule has 0 radical (unpaired) electrons. The highest BCUT2D eigenvalue weighted by atomic mass is 32.2. The second-order valence-electron chi connectivity index (χ2n) is 6.57. The number of carbonyl (C=O) groups is 1. The standard InChI is InChI=1S/C17H25N5O2S2/c1-11(2)15-20-21-17(22(15)8-9-24-3)25-10-14(23)19-16-18-12-6-4-5-7-13(12)26-16/h11H,4-10H2,1-3H3,(H,18,19,23). The van der Waals surface area contributed by atoms with Crippen molar-refractivity contribution in [3.63, 3.8) is 0 Å². The van der Waals surface area contributed by atoms with Crippen LogP contribution in [0.4, 0.5) is 5.13 Å². The number of methoxy groups -OCH3 is 1. The number of aryl methyl sites for hydroxylation is 2. The molecular formula is C17H25N5O2S2. The molecule has 1 aliphatic rings. The van der Waals surface area contributed by atoms with Crippen LogP contribution in [0.2, 0.25) is 0 Å². The Bertz CT molecular complexity index is 733. The zero-order chi connectivity index (χ0) is 18.5. The topological polar surface area (TPSA) is 81.9 Å². The number of thiazole rings is 1. The maximum absolute atomic E-state index is 12.3. The molecule has 0 aliphatic heterocycles. The summed E-state index contributed by atoms with van der Waals surface area (Å²) in [6.45, 7) is 5.43. The van der Waals surface area contributed by atoms with Crippen LogP contribution in [0.15, 0.2) is 5.16 Å². The number of rotatable bonds is 8. The van der Waals surface area contributed by atoms with Crippen molar-refractivity contribution in [2.45, 2.75) is 57.1 Å². The third-order valence-corrected chi connectivity index (χ3v) is 6.24. The summed E-state index contributed by atoms with van der Waals surface area (Å²) in [5.41, 5.74) is 1.16. The molecule has 26 heavy (non-hydrogen) atoms. The largest absolute Gasteiger partial charge is 0.383 e. The predicted octanol–water partition coefficient (Wildman–Crippen LogP) is 3.11. The average Bonchev–Trinajstić information content (AvgIpc) is 3.21. The molecule has 2 heterocycles. The van der Waals surface area contributed by atoms with Crippen molar-refractivity contribution < 1.29 is 9.53 Å². The van der Waals surface area contributed by atoms with Crippen LogP contribution in [0.1, 0.15) is 49.0 Å². The van der Waals surface area contributed by atoms with E-state index >= 15 is 0 Å². The van der Waals surface area contributed by atoms with Gasteiger partial charge >= 0.3 is 0 Å². The number of hydrogen-bond donors (Lipinski definition) is 1. The Kier molecular flexibility index (Phi) is 6.66. The van der Waals surface area contributed by atoms with Crippen molar-refractivity contribution in [3.8, 4) is 0 Å². The summed E-state index contributed by atoms with van der Waals surface area (Å²) in [6, 6.07) is 0. The Morgan fingerprint density at radius 1 is 1.35 bits per heavy atom. The molecule has 0 aromatic carbocycles. The van der Waals surface area contributed by atoms with Crippen molar-refractivity contribution in [2.24, 2.45) is 0 Å². The van der Waals surface area contributed by atoms with Gasteiger partial charge in [-0.15, -0.1) is 21.5 Å². The van der Waals surface area contributed by atoms with Crippen molar-refractivity contribution in [1.29, 1.82) is 0 Å². The molecule has 1 aliphatic carbocycles. The molecule has 1 amide bonds. The fourth-order valence-corrected chi connectivity index (χ4v) is 4.76. The molecule has 0 atom stereocenters. The molecule has 0 fully saturated rings. The quantitative estimate of drug-likeness (QED) is 0.692. The van der Waals surface area contributed by atoms with Gasteiger partial charge in [0, 0.05) is 24.4 Å². The fourth-order valence-electron chi connectivity index (χ4n) is 2.92. The smallest absolute Gasteiger partial charge is 0.236 e. The molecule has 0 bridgehead atoms. The van der Waals surface area contributed by atoms with Crippen molar-refractivity contribution >= 4 is 34.1 Å². The number of nitrogens with zero attached hydrogens (tertiary/aromatic N) is 4. The molecule has 0 saturated carbocycles. The van der Waals surface area contributed by atoms with Gasteiger partial charge in [-0.2, -0.15) is 0 Å². The summed E-state index contributed by atoms with van der Waals surface area (Å²) in [6.07, 6.45) is 4.51. The third kappa shape index (κ3) is 4.63. The van der Waals surface area contributed by atoms with Gasteiger partial charge in [-0.3, -0.25) is 4.79 Å². The van der Waals surface area contributed by atoms with E-state index in [1.165, 1.54) is 29.5 Å². The van der Waals surface area contributed by atoms with E-state index in [-0.39, 0.29) is 17.6 Å². The summed E-state index contributed by atoms with van der Waals surface area (Å²) in [7, 11) is 1.67. The molecule has 1 N–H and O–H groups in total. The van der Waals surface area contributed by atoms with Crippen LogP contribution in [0.5, 0.6) is 0 Å². The number of nitrogens with one attached hydrogen (secondary N) is 1. The normalized spacial score (nSPS) is 13.8. The molecule has 3 rings (SSSR count). The monoisotopic (exact) mass is 395 g/mol. The molecule has 0 spiro atoms. The first kappa shape index (κ1) is 19.3. The number of aromatic nitrogens is 4. The fraction of sp³-hybridized carbons (Fsp3) is 0.647. The zero-order valence-electron chi connectivity index (χ0n) is 15.4. The van der Waals surface area contributed by atoms with Crippen molar-refractivity contribution in [1.82, 2.24) is 19.7 Å². The van der Waals surface area contributed by atoms with E-state index in [1.54, 1.807) is 18.4 Å². The van der Waals surface area contributed by atoms with Crippen LogP contribution in [0.25, 0.3) is 0 Å². The number of carbonyl (C=O) groups excluding carboxylic acids is 1. The van der Waals surface area contributed by atoms with Gasteiger partial charge < -0.3 is 14.6 Å². The van der Waals surface area contributed by atoms with Gasteiger partial charge in [-0.1, -0.05) is 25.6 Å². The minimum absolute atomic E-state index is 0.0616. The van der Waals surface area contributed by atoms with Crippen LogP contribution in [0, 0.1) is 0 Å². The SMILES string of the molecule is COCCn1c(SCC(=O)Nc2nc3c(s2)CCCC3)nnc1C(C)C. The molecule has 9 heteroatoms. The van der Waals surface area contributed by atoms with Gasteiger partial charge in [0.05, 0.1) is 18.1 Å². The Morgan fingerprint density at radius 3 is 2.88 bits per heavy atom. The molecule has 2 aromatic rings. The molecule has 142 valence electrons. The summed E-state index contributed by atoms with van der Waals surface area (Å²) in [5, 5.41) is 12.9. The number of hydrogen-bond acceptors (Lipinski definition) is 7. The summed E-state index contributed by atoms with van der Waals surface area (Å²) in [4.78, 5) is 18.2. The first-order valence-corrected chi connectivity index (χ1v) is 10.7. The Balaban J connectivity index is 1.59. The number of ether oxygens (including phenoxy) is 1. The van der Waals surface area contributed by atoms with Gasteiger partial charge in [0.25, 0.3) is 0 Å². The van der Waals surface area contributed by atoms with Crippen LogP contribution in [0.3, 0.4) is 0 Å². The van der Waals surface area contributed by atoms with Crippen molar-refractivity contribution in [3.05, 3.63) is 16.4 Å². The number of anilines is 1. The van der Waals surface area contributed by atoms with Gasteiger partial charge in [0.1, 0.15) is 5.82 Å². The van der Waals surface area contributed by atoms with E-state index in [0.29, 0.717) is 18.3 Å². The van der Waals surface area contributed by atoms with E-state index in [4.69, 9.17) is 4.74 Å². The molecule has 0 unspecified atom stereocenters. The Labute approximate surface area is 161 Å². The van der Waals surface area contributed by atoms with Crippen LogP contribution in [-0.2, 0) is 28.9 Å². The van der Waals surface area contributed by atoms with Gasteiger partial charge in [-0.25, -0.2) is 4.98 Å². The Morgan fingerprint density at radius 2 is 2.15 bits per heavy atom. The minimum Gasteiger partial charge on any atom is -0.383 e. The van der Waals surface area contributed by atoms with Gasteiger partial charge in [0.2, 0.25) is 5.91 Å². The van der Waals surface area contributed by atoms with E-state index < -0.39 is 0 Å². The van der Waals surface area contributed by atoms with Crippen molar-refractivity contribution in [2.75, 3.05) is 24.8 Å². The maximum atomic E-state index is 12.3. The first-order chi connectivity index (χ1) is 12.6. The summed E-state index contributed by atoms with van der Waals surface area (Å²) < 4.78 is 7.21. The lowest BCUT2D eigenvalue weighted by Gasteiger charge is -2.11. The van der Waals surface area contributed by atoms with Crippen LogP contribution >= 0.6 is 23.1 Å². The predicted molar refractivity (Wildman–Crippen MR) is 104 cm³/mol. The summed E-state index contributed by atoms with van der Waals surface area (Å²) in [5.74, 6) is 1.41. The highest BCUT2D eigenvalue weighted by molar-refractivity contribution is 7.99. The van der Waals surface area contributed by atoms with Gasteiger partial charge in [-0.05, 0) is 25.7 Å². The first-order valence-electron chi connectivity index (χ1n) is 8.91. The van der Waals surface area contributed by atoms with E-state index in [2.05, 4.69) is 34.3 Å². The number of thioether (sulfide) groups is 1. The Hall–Kier alpha value is -1.45. The van der Waals surface area contributed by atoms with E-state index in [0.717, 1.165) is 29.5 Å². The number of amides is 1. The van der Waals surface area contributed by atoms with Gasteiger partial charge in [0.15, 0.2) is 10.3 Å². The number of fused-ring (bicyclic) bond motifs is 1. The minimum atomic E-state index is -0.0616. The van der Waals surface area contributed by atoms with Crippen LogP contribution < -0.4 is 5.32 Å². The average molecular weight is 396 g/mol. The van der Waals surface area contributed by atoms with E-state index in [1.807, 2.05) is 4.57 Å². The zero-order valence-corrected chi connectivity index (χ0v) is 17.1. The third-order valence-electron chi connectivity index (χ3n) is 4.21. The lowest BCUT2D eigenvalue weighted by molar-refractivity contribution is -0.113. The molecule has 0 saturated heterocycles. The van der Waals surface area contributed by atoms with Crippen LogP contribution in [-0.4, -0.2) is 45.1 Å². The second-order valence-corrected chi connectivity index (χ2v) is 8.60. The highest BCUT2D eigenvalue weighted by Crippen LogP contribution is 2.29. The molecular weight excluding hydrogens is 370 g/mol. The molecule has 2 aromatic heterocycles.